The van der Waals surface area contributed by atoms with Crippen molar-refractivity contribution < 1.29 is 18.7 Å². The molecule has 170 valence electrons. The van der Waals surface area contributed by atoms with Gasteiger partial charge in [-0.3, -0.25) is 4.79 Å². The summed E-state index contributed by atoms with van der Waals surface area (Å²) in [5.41, 5.74) is 1.44. The Labute approximate surface area is 189 Å². The van der Waals surface area contributed by atoms with Gasteiger partial charge in [-0.25, -0.2) is 0 Å². The molecule has 7 heteroatoms. The Morgan fingerprint density at radius 2 is 1.81 bits per heavy atom. The van der Waals surface area contributed by atoms with Gasteiger partial charge in [-0.15, -0.1) is 0 Å². The summed E-state index contributed by atoms with van der Waals surface area (Å²) in [4.78, 5) is 17.4. The second-order valence-corrected chi connectivity index (χ2v) is 9.66. The third-order valence-electron chi connectivity index (χ3n) is 6.39. The van der Waals surface area contributed by atoms with Crippen LogP contribution in [0.2, 0.25) is 5.02 Å². The number of hydrogen-bond donors (Lipinski definition) is 0. The fourth-order valence-electron chi connectivity index (χ4n) is 4.69. The number of halogens is 1. The van der Waals surface area contributed by atoms with Gasteiger partial charge < -0.3 is 23.7 Å². The number of furan rings is 1. The number of carbonyl (C=O) groups is 1. The number of ether oxygens (including phenoxy) is 2. The van der Waals surface area contributed by atoms with E-state index in [2.05, 4.69) is 18.7 Å². The average molecular weight is 449 g/mol. The van der Waals surface area contributed by atoms with E-state index in [9.17, 15) is 4.79 Å². The molecule has 31 heavy (non-hydrogen) atoms. The first-order chi connectivity index (χ1) is 14.7. The molecule has 0 aliphatic carbocycles. The average Bonchev–Trinajstić information content (AvgIpc) is 3.03. The monoisotopic (exact) mass is 448 g/mol. The van der Waals surface area contributed by atoms with E-state index in [-0.39, 0.29) is 24.2 Å². The molecule has 0 saturated carbocycles. The van der Waals surface area contributed by atoms with Gasteiger partial charge in [-0.05, 0) is 53.5 Å². The highest BCUT2D eigenvalue weighted by Gasteiger charge is 2.30. The number of amides is 1. The van der Waals surface area contributed by atoms with Gasteiger partial charge in [0.05, 0.1) is 17.2 Å². The van der Waals surface area contributed by atoms with E-state index in [0.29, 0.717) is 41.2 Å². The highest BCUT2D eigenvalue weighted by Crippen LogP contribution is 2.36. The SMILES string of the molecule is Cc1c(C(=O)N2C[C@@H](C)O[C@@H](C)C2)oc2cc(OC3CCN(C(C)C)CC3)c(Cl)cc12. The molecule has 1 aromatic carbocycles. The van der Waals surface area contributed by atoms with Crippen molar-refractivity contribution in [1.29, 1.82) is 0 Å². The van der Waals surface area contributed by atoms with Crippen LogP contribution in [0, 0.1) is 6.92 Å². The van der Waals surface area contributed by atoms with Crippen LogP contribution >= 0.6 is 11.6 Å². The molecule has 1 aromatic heterocycles. The number of benzene rings is 1. The van der Waals surface area contributed by atoms with Gasteiger partial charge in [0.25, 0.3) is 5.91 Å². The number of piperidine rings is 1. The Kier molecular flexibility index (Phi) is 6.52. The van der Waals surface area contributed by atoms with Crippen LogP contribution in [-0.2, 0) is 4.74 Å². The van der Waals surface area contributed by atoms with Crippen molar-refractivity contribution in [2.24, 2.45) is 0 Å². The van der Waals surface area contributed by atoms with Gasteiger partial charge in [0.2, 0.25) is 0 Å². The highest BCUT2D eigenvalue weighted by molar-refractivity contribution is 6.33. The molecule has 0 radical (unpaired) electrons. The number of carbonyl (C=O) groups excluding carboxylic acids is 1. The smallest absolute Gasteiger partial charge is 0.290 e. The number of fused-ring (bicyclic) bond motifs is 1. The molecule has 2 aliphatic heterocycles. The van der Waals surface area contributed by atoms with Crippen molar-refractivity contribution >= 4 is 28.5 Å². The van der Waals surface area contributed by atoms with Gasteiger partial charge in [0.15, 0.2) is 5.76 Å². The van der Waals surface area contributed by atoms with Crippen molar-refractivity contribution in [3.05, 3.63) is 28.5 Å². The predicted molar refractivity (Wildman–Crippen MR) is 122 cm³/mol. The van der Waals surface area contributed by atoms with E-state index in [0.717, 1.165) is 36.9 Å². The lowest BCUT2D eigenvalue weighted by molar-refractivity contribution is -0.0592. The zero-order chi connectivity index (χ0) is 22.3. The van der Waals surface area contributed by atoms with Crippen molar-refractivity contribution in [2.45, 2.75) is 71.8 Å². The molecule has 6 nitrogen and oxygen atoms in total. The molecule has 2 fully saturated rings. The Morgan fingerprint density at radius 1 is 1.16 bits per heavy atom. The molecular formula is C24H33ClN2O4. The Balaban J connectivity index is 1.53. The van der Waals surface area contributed by atoms with Crippen LogP contribution in [-0.4, -0.2) is 66.2 Å². The lowest BCUT2D eigenvalue weighted by atomic mass is 10.1. The summed E-state index contributed by atoms with van der Waals surface area (Å²) in [5.74, 6) is 0.892. The highest BCUT2D eigenvalue weighted by atomic mass is 35.5. The van der Waals surface area contributed by atoms with Gasteiger partial charge in [0, 0.05) is 49.2 Å². The van der Waals surface area contributed by atoms with Crippen LogP contribution < -0.4 is 4.74 Å². The van der Waals surface area contributed by atoms with Gasteiger partial charge in [0.1, 0.15) is 17.4 Å². The number of aryl methyl sites for hydroxylation is 1. The van der Waals surface area contributed by atoms with Crippen molar-refractivity contribution in [3.63, 3.8) is 0 Å². The minimum atomic E-state index is -0.102. The maximum Gasteiger partial charge on any atom is 0.290 e. The fourth-order valence-corrected chi connectivity index (χ4v) is 4.90. The van der Waals surface area contributed by atoms with Crippen LogP contribution in [0.4, 0.5) is 0 Å². The van der Waals surface area contributed by atoms with Crippen molar-refractivity contribution in [3.8, 4) is 5.75 Å². The summed E-state index contributed by atoms with van der Waals surface area (Å²) >= 11 is 6.56. The standard InChI is InChI=1S/C24H33ClN2O4/c1-14(2)26-8-6-18(7-9-26)30-22-11-21-19(10-20(22)25)17(5)23(31-21)24(28)27-12-15(3)29-16(4)13-27/h10-11,14-16,18H,6-9,12-13H2,1-5H3/t15-,16+. The first-order valence-corrected chi connectivity index (χ1v) is 11.7. The largest absolute Gasteiger partial charge is 0.489 e. The summed E-state index contributed by atoms with van der Waals surface area (Å²) in [5, 5.41) is 1.40. The van der Waals surface area contributed by atoms with Crippen LogP contribution in [0.3, 0.4) is 0 Å². The van der Waals surface area contributed by atoms with Crippen LogP contribution in [0.15, 0.2) is 16.5 Å². The molecule has 0 unspecified atom stereocenters. The quantitative estimate of drug-likeness (QED) is 0.666. The molecule has 2 atom stereocenters. The van der Waals surface area contributed by atoms with E-state index in [1.54, 1.807) is 0 Å². The minimum Gasteiger partial charge on any atom is -0.489 e. The Bertz CT molecular complexity index is 939. The second kappa shape index (κ2) is 9.00. The van der Waals surface area contributed by atoms with E-state index in [1.807, 2.05) is 37.8 Å². The molecule has 2 saturated heterocycles. The van der Waals surface area contributed by atoms with E-state index in [1.165, 1.54) is 0 Å². The van der Waals surface area contributed by atoms with E-state index < -0.39 is 0 Å². The number of hydrogen-bond acceptors (Lipinski definition) is 5. The number of likely N-dealkylation sites (tertiary alicyclic amines) is 1. The van der Waals surface area contributed by atoms with Gasteiger partial charge >= 0.3 is 0 Å². The maximum absolute atomic E-state index is 13.2. The summed E-state index contributed by atoms with van der Waals surface area (Å²) < 4.78 is 18.0. The van der Waals surface area contributed by atoms with Crippen LogP contribution in [0.25, 0.3) is 11.0 Å². The molecule has 2 aliphatic rings. The molecule has 0 spiro atoms. The predicted octanol–water partition coefficient (Wildman–Crippen LogP) is 4.90. The van der Waals surface area contributed by atoms with E-state index >= 15 is 0 Å². The summed E-state index contributed by atoms with van der Waals surface area (Å²) in [7, 11) is 0. The lowest BCUT2D eigenvalue weighted by Gasteiger charge is -2.34. The first kappa shape index (κ1) is 22.4. The Morgan fingerprint density at radius 3 is 2.42 bits per heavy atom. The molecule has 0 N–H and O–H groups in total. The zero-order valence-electron chi connectivity index (χ0n) is 19.1. The first-order valence-electron chi connectivity index (χ1n) is 11.3. The maximum atomic E-state index is 13.2. The normalized spacial score (nSPS) is 23.6. The van der Waals surface area contributed by atoms with Crippen LogP contribution in [0.5, 0.6) is 5.75 Å². The van der Waals surface area contributed by atoms with E-state index in [4.69, 9.17) is 25.5 Å². The third kappa shape index (κ3) is 4.71. The van der Waals surface area contributed by atoms with Crippen molar-refractivity contribution in [1.82, 2.24) is 9.80 Å². The Hall–Kier alpha value is -1.76. The molecule has 2 aromatic rings. The summed E-state index contributed by atoms with van der Waals surface area (Å²) in [6.45, 7) is 13.5. The summed E-state index contributed by atoms with van der Waals surface area (Å²) in [6.07, 6.45) is 2.10. The summed E-state index contributed by atoms with van der Waals surface area (Å²) in [6, 6.07) is 4.25. The third-order valence-corrected chi connectivity index (χ3v) is 6.69. The van der Waals surface area contributed by atoms with Gasteiger partial charge in [-0.2, -0.15) is 0 Å². The molecule has 1 amide bonds. The molecular weight excluding hydrogens is 416 g/mol. The van der Waals surface area contributed by atoms with Gasteiger partial charge in [-0.1, -0.05) is 11.6 Å². The molecule has 4 rings (SSSR count). The topological polar surface area (TPSA) is 55.2 Å². The van der Waals surface area contributed by atoms with Crippen LogP contribution in [0.1, 0.15) is 56.7 Å². The lowest BCUT2D eigenvalue weighted by Crippen LogP contribution is -2.48. The number of morpholine rings is 1. The molecule has 0 bridgehead atoms. The zero-order valence-corrected chi connectivity index (χ0v) is 19.9. The fraction of sp³-hybridized carbons (Fsp3) is 0.625. The van der Waals surface area contributed by atoms with Crippen molar-refractivity contribution in [2.75, 3.05) is 26.2 Å². The number of rotatable bonds is 4. The minimum absolute atomic E-state index is 0.00828. The second-order valence-electron chi connectivity index (χ2n) is 9.25. The molecule has 3 heterocycles. The number of nitrogens with zero attached hydrogens (tertiary/aromatic N) is 2.